The number of sulfonamides is 1. The van der Waals surface area contributed by atoms with E-state index in [1.165, 1.54) is 10.4 Å². The fourth-order valence-corrected chi connectivity index (χ4v) is 5.23. The Labute approximate surface area is 177 Å². The first-order valence-corrected chi connectivity index (χ1v) is 12.0. The summed E-state index contributed by atoms with van der Waals surface area (Å²) < 4.78 is 32.8. The predicted octanol–water partition coefficient (Wildman–Crippen LogP) is 3.25. The molecule has 1 N–H and O–H groups in total. The Morgan fingerprint density at radius 1 is 1.20 bits per heavy atom. The van der Waals surface area contributed by atoms with Gasteiger partial charge in [-0.3, -0.25) is 4.79 Å². The van der Waals surface area contributed by atoms with Gasteiger partial charge in [0.05, 0.1) is 4.90 Å². The van der Waals surface area contributed by atoms with Crippen molar-refractivity contribution in [2.45, 2.75) is 62.8 Å². The largest absolute Gasteiger partial charge is 0.340 e. The van der Waals surface area contributed by atoms with Crippen LogP contribution in [0.2, 0.25) is 0 Å². The van der Waals surface area contributed by atoms with Gasteiger partial charge in [-0.15, -0.1) is 0 Å². The average molecular weight is 433 g/mol. The normalized spacial score (nSPS) is 19.0. The van der Waals surface area contributed by atoms with E-state index >= 15 is 0 Å². The molecule has 9 heteroatoms. The molecule has 1 atom stereocenters. The Bertz CT molecular complexity index is 1010. The van der Waals surface area contributed by atoms with Crippen molar-refractivity contribution in [3.8, 4) is 0 Å². The van der Waals surface area contributed by atoms with Gasteiger partial charge in [0.1, 0.15) is 6.04 Å². The summed E-state index contributed by atoms with van der Waals surface area (Å²) in [5.74, 6) is 1.11. The van der Waals surface area contributed by atoms with Crippen molar-refractivity contribution in [2.75, 3.05) is 13.1 Å². The molecule has 2 aliphatic rings. The van der Waals surface area contributed by atoms with Gasteiger partial charge in [-0.05, 0) is 49.8 Å². The first-order chi connectivity index (χ1) is 14.4. The van der Waals surface area contributed by atoms with Gasteiger partial charge in [0.25, 0.3) is 5.91 Å². The number of nitrogens with zero attached hydrogens (tertiary/aromatic N) is 3. The van der Waals surface area contributed by atoms with E-state index in [9.17, 15) is 13.2 Å². The van der Waals surface area contributed by atoms with Crippen LogP contribution in [0.4, 0.5) is 0 Å². The number of carbonyl (C=O) groups excluding carboxylic acids is 1. The Kier molecular flexibility index (Phi) is 5.92. The number of amides is 1. The molecule has 4 rings (SSSR count). The third-order valence-electron chi connectivity index (χ3n) is 5.67. The molecule has 1 aliphatic carbocycles. The van der Waals surface area contributed by atoms with Crippen LogP contribution in [-0.4, -0.2) is 41.9 Å². The van der Waals surface area contributed by atoms with Crippen molar-refractivity contribution in [1.29, 1.82) is 0 Å². The number of aromatic nitrogens is 2. The standard InChI is InChI=1S/C21H28N4O4S/c1-14(2)18(21-23-19(24-29-21)15-9-10-15)22-20(26)16-7-6-8-17(13-16)30(27,28)25-11-4-3-5-12-25/h6-8,13-15,18H,3-5,9-12H2,1-2H3,(H,22,26). The number of hydrogen-bond donors (Lipinski definition) is 1. The Morgan fingerprint density at radius 3 is 2.60 bits per heavy atom. The molecule has 2 heterocycles. The van der Waals surface area contributed by atoms with Crippen molar-refractivity contribution in [3.05, 3.63) is 41.5 Å². The molecule has 2 aromatic rings. The van der Waals surface area contributed by atoms with Crippen molar-refractivity contribution in [1.82, 2.24) is 19.8 Å². The second kappa shape index (κ2) is 8.47. The SMILES string of the molecule is CC(C)C(NC(=O)c1cccc(S(=O)(=O)N2CCCCC2)c1)c1nc(C2CC2)no1. The van der Waals surface area contributed by atoms with Gasteiger partial charge in [0, 0.05) is 24.6 Å². The van der Waals surface area contributed by atoms with Gasteiger partial charge in [-0.2, -0.15) is 9.29 Å². The number of benzene rings is 1. The van der Waals surface area contributed by atoms with Gasteiger partial charge in [-0.25, -0.2) is 8.42 Å². The van der Waals surface area contributed by atoms with Gasteiger partial charge in [0.2, 0.25) is 15.9 Å². The molecule has 0 bridgehead atoms. The highest BCUT2D eigenvalue weighted by Crippen LogP contribution is 2.38. The van der Waals surface area contributed by atoms with E-state index in [0.29, 0.717) is 36.3 Å². The molecule has 1 saturated heterocycles. The number of hydrogen-bond acceptors (Lipinski definition) is 6. The maximum atomic E-state index is 12.9. The lowest BCUT2D eigenvalue weighted by molar-refractivity contribution is 0.0913. The van der Waals surface area contributed by atoms with E-state index in [1.54, 1.807) is 18.2 Å². The molecule has 162 valence electrons. The van der Waals surface area contributed by atoms with E-state index in [2.05, 4.69) is 15.5 Å². The molecule has 0 spiro atoms. The van der Waals surface area contributed by atoms with Gasteiger partial charge in [0.15, 0.2) is 5.82 Å². The molecule has 30 heavy (non-hydrogen) atoms. The van der Waals surface area contributed by atoms with Crippen molar-refractivity contribution < 1.29 is 17.7 Å². The van der Waals surface area contributed by atoms with Gasteiger partial charge < -0.3 is 9.84 Å². The zero-order valence-electron chi connectivity index (χ0n) is 17.4. The van der Waals surface area contributed by atoms with Crippen LogP contribution in [0.3, 0.4) is 0 Å². The van der Waals surface area contributed by atoms with Crippen LogP contribution >= 0.6 is 0 Å². The number of piperidine rings is 1. The lowest BCUT2D eigenvalue weighted by Crippen LogP contribution is -2.36. The lowest BCUT2D eigenvalue weighted by Gasteiger charge is -2.26. The summed E-state index contributed by atoms with van der Waals surface area (Å²) in [6.07, 6.45) is 4.90. The quantitative estimate of drug-likeness (QED) is 0.720. The summed E-state index contributed by atoms with van der Waals surface area (Å²) in [5, 5.41) is 6.97. The second-order valence-corrected chi connectivity index (χ2v) is 10.4. The van der Waals surface area contributed by atoms with E-state index in [1.807, 2.05) is 13.8 Å². The van der Waals surface area contributed by atoms with Crippen LogP contribution in [0.15, 0.2) is 33.7 Å². The number of rotatable bonds is 7. The number of nitrogens with one attached hydrogen (secondary N) is 1. The summed E-state index contributed by atoms with van der Waals surface area (Å²) in [6.45, 7) is 4.97. The minimum atomic E-state index is -3.60. The zero-order valence-corrected chi connectivity index (χ0v) is 18.2. The predicted molar refractivity (Wildman–Crippen MR) is 110 cm³/mol. The van der Waals surface area contributed by atoms with Crippen molar-refractivity contribution >= 4 is 15.9 Å². The Balaban J connectivity index is 1.52. The van der Waals surface area contributed by atoms with E-state index in [4.69, 9.17) is 4.52 Å². The molecule has 1 aromatic heterocycles. The second-order valence-electron chi connectivity index (χ2n) is 8.45. The molecule has 1 aromatic carbocycles. The van der Waals surface area contributed by atoms with E-state index < -0.39 is 16.1 Å². The Morgan fingerprint density at radius 2 is 1.93 bits per heavy atom. The molecular formula is C21H28N4O4S. The highest BCUT2D eigenvalue weighted by molar-refractivity contribution is 7.89. The maximum Gasteiger partial charge on any atom is 0.251 e. The highest BCUT2D eigenvalue weighted by atomic mass is 32.2. The van der Waals surface area contributed by atoms with Gasteiger partial charge in [-0.1, -0.05) is 31.5 Å². The van der Waals surface area contributed by atoms with Crippen LogP contribution in [0.25, 0.3) is 0 Å². The number of carbonyl (C=O) groups is 1. The van der Waals surface area contributed by atoms with Crippen molar-refractivity contribution in [2.24, 2.45) is 5.92 Å². The first kappa shape index (κ1) is 21.0. The van der Waals surface area contributed by atoms with Crippen LogP contribution in [0.5, 0.6) is 0 Å². The first-order valence-electron chi connectivity index (χ1n) is 10.6. The van der Waals surface area contributed by atoms with Crippen LogP contribution in [0, 0.1) is 5.92 Å². The monoisotopic (exact) mass is 432 g/mol. The van der Waals surface area contributed by atoms with E-state index in [0.717, 1.165) is 32.1 Å². The fraction of sp³-hybridized carbons (Fsp3) is 0.571. The van der Waals surface area contributed by atoms with Crippen LogP contribution in [0.1, 0.15) is 80.0 Å². The van der Waals surface area contributed by atoms with Crippen molar-refractivity contribution in [3.63, 3.8) is 0 Å². The summed E-state index contributed by atoms with van der Waals surface area (Å²) in [5.41, 5.74) is 0.292. The molecule has 1 unspecified atom stereocenters. The highest BCUT2D eigenvalue weighted by Gasteiger charge is 2.32. The molecule has 2 fully saturated rings. The summed E-state index contributed by atoms with van der Waals surface area (Å²) >= 11 is 0. The van der Waals surface area contributed by atoms with E-state index in [-0.39, 0.29) is 16.7 Å². The molecule has 8 nitrogen and oxygen atoms in total. The molecule has 1 amide bonds. The zero-order chi connectivity index (χ0) is 21.3. The summed E-state index contributed by atoms with van der Waals surface area (Å²) in [6, 6.07) is 5.76. The minimum absolute atomic E-state index is 0.0294. The molecule has 1 saturated carbocycles. The minimum Gasteiger partial charge on any atom is -0.340 e. The van der Waals surface area contributed by atoms with Crippen LogP contribution < -0.4 is 5.32 Å². The third kappa shape index (κ3) is 4.41. The molecule has 0 radical (unpaired) electrons. The third-order valence-corrected chi connectivity index (χ3v) is 7.56. The molecular weight excluding hydrogens is 404 g/mol. The van der Waals surface area contributed by atoms with Gasteiger partial charge >= 0.3 is 0 Å². The Hall–Kier alpha value is -2.26. The topological polar surface area (TPSA) is 105 Å². The summed E-state index contributed by atoms with van der Waals surface area (Å²) in [4.78, 5) is 17.5. The fourth-order valence-electron chi connectivity index (χ4n) is 3.67. The molecule has 1 aliphatic heterocycles. The van der Waals surface area contributed by atoms with Crippen LogP contribution in [-0.2, 0) is 10.0 Å². The summed E-state index contributed by atoms with van der Waals surface area (Å²) in [7, 11) is -3.60. The lowest BCUT2D eigenvalue weighted by atomic mass is 10.0. The average Bonchev–Trinajstić information content (AvgIpc) is 3.49. The smallest absolute Gasteiger partial charge is 0.251 e. The maximum absolute atomic E-state index is 12.9.